The molecule has 0 saturated heterocycles. The van der Waals surface area contributed by atoms with Crippen molar-refractivity contribution in [3.05, 3.63) is 35.4 Å². The number of aromatic hydroxyl groups is 2. The second-order valence-corrected chi connectivity index (χ2v) is 12.7. The molecule has 0 spiro atoms. The molecule has 3 saturated carbocycles. The van der Waals surface area contributed by atoms with E-state index in [9.17, 15) is 24.9 Å². The molecule has 1 aromatic carbocycles. The number of rotatable bonds is 7. The summed E-state index contributed by atoms with van der Waals surface area (Å²) in [5.41, 5.74) is 1.70. The van der Waals surface area contributed by atoms with Gasteiger partial charge < -0.3 is 25.5 Å². The minimum atomic E-state index is -1.18. The third-order valence-electron chi connectivity index (χ3n) is 10.9. The van der Waals surface area contributed by atoms with E-state index >= 15 is 0 Å². The van der Waals surface area contributed by atoms with Crippen LogP contribution in [0.4, 0.5) is 0 Å². The van der Waals surface area contributed by atoms with Crippen LogP contribution in [0.15, 0.2) is 35.0 Å². The van der Waals surface area contributed by atoms with Crippen LogP contribution in [0.3, 0.4) is 0 Å². The highest BCUT2D eigenvalue weighted by Gasteiger charge is 2.65. The van der Waals surface area contributed by atoms with E-state index in [2.05, 4.69) is 30.4 Å². The predicted octanol–water partition coefficient (Wildman–Crippen LogP) is 4.41. The standard InChI is InChI=1S/C31H42N2O6/c1-19(34)31(38)14-10-25-23-6-5-21-17-22(8-12-29(21,2)24(23)9-13-30(25,31)3)33-39-18-28(37)32-15-11-20-4-7-26(35)27(36)16-20/h4,7,16-17,23-25,35-36,38H,5-6,8-15,18H2,1-3H3,(H,32,37). The molecule has 5 rings (SSSR count). The van der Waals surface area contributed by atoms with Crippen LogP contribution in [0.5, 0.6) is 11.5 Å². The monoisotopic (exact) mass is 538 g/mol. The number of oxime groups is 1. The van der Waals surface area contributed by atoms with Gasteiger partial charge in [-0.1, -0.05) is 30.6 Å². The molecule has 8 nitrogen and oxygen atoms in total. The lowest BCUT2D eigenvalue weighted by atomic mass is 9.46. The molecule has 4 aliphatic rings. The number of allylic oxidation sites excluding steroid dienone is 2. The Kier molecular flexibility index (Phi) is 7.29. The molecule has 212 valence electrons. The van der Waals surface area contributed by atoms with Crippen LogP contribution in [0.1, 0.15) is 77.7 Å². The second kappa shape index (κ2) is 10.3. The number of aliphatic hydroxyl groups is 1. The average molecular weight is 539 g/mol. The number of nitrogens with one attached hydrogen (secondary N) is 1. The van der Waals surface area contributed by atoms with Gasteiger partial charge in [0.15, 0.2) is 23.9 Å². The number of Topliss-reactive ketones (excluding diaryl/α,β-unsaturated/α-hetero) is 1. The summed E-state index contributed by atoms with van der Waals surface area (Å²) in [6, 6.07) is 4.61. The smallest absolute Gasteiger partial charge is 0.260 e. The summed E-state index contributed by atoms with van der Waals surface area (Å²) in [5.74, 6) is 0.795. The normalized spacial score (nSPS) is 36.4. The van der Waals surface area contributed by atoms with Crippen molar-refractivity contribution in [3.63, 3.8) is 0 Å². The van der Waals surface area contributed by atoms with Crippen LogP contribution in [0, 0.1) is 28.6 Å². The third-order valence-corrected chi connectivity index (χ3v) is 10.9. The molecule has 4 N–H and O–H groups in total. The number of phenols is 2. The van der Waals surface area contributed by atoms with E-state index in [1.54, 1.807) is 13.0 Å². The molecule has 0 bridgehead atoms. The number of nitrogens with zero attached hydrogens (tertiary/aromatic N) is 1. The molecule has 0 aliphatic heterocycles. The first-order valence-electron chi connectivity index (χ1n) is 14.4. The summed E-state index contributed by atoms with van der Waals surface area (Å²) in [6.07, 6.45) is 10.0. The summed E-state index contributed by atoms with van der Waals surface area (Å²) in [4.78, 5) is 30.0. The lowest BCUT2D eigenvalue weighted by Crippen LogP contribution is -2.57. The molecule has 8 heteroatoms. The van der Waals surface area contributed by atoms with E-state index in [-0.39, 0.29) is 40.6 Å². The SMILES string of the molecule is CC(=O)C1(O)CCC2C3CCC4=CC(=NOCC(=O)NCCc5ccc(O)c(O)c5)CCC4(C)C3CCC21C. The number of hydrogen-bond donors (Lipinski definition) is 4. The van der Waals surface area contributed by atoms with E-state index in [0.717, 1.165) is 56.2 Å². The number of phenolic OH excluding ortho intramolecular Hbond substituents is 2. The average Bonchev–Trinajstić information content (AvgIpc) is 3.18. The van der Waals surface area contributed by atoms with Crippen LogP contribution in [0.2, 0.25) is 0 Å². The molecule has 6 unspecified atom stereocenters. The van der Waals surface area contributed by atoms with Gasteiger partial charge in [0, 0.05) is 12.0 Å². The van der Waals surface area contributed by atoms with Crippen molar-refractivity contribution < 1.29 is 29.7 Å². The number of amides is 1. The van der Waals surface area contributed by atoms with Crippen LogP contribution in [0.25, 0.3) is 0 Å². The Bertz CT molecular complexity index is 1210. The van der Waals surface area contributed by atoms with Gasteiger partial charge in [0.25, 0.3) is 5.91 Å². The molecule has 4 aliphatic carbocycles. The van der Waals surface area contributed by atoms with Gasteiger partial charge in [-0.3, -0.25) is 9.59 Å². The second-order valence-electron chi connectivity index (χ2n) is 12.7. The van der Waals surface area contributed by atoms with Gasteiger partial charge in [-0.2, -0.15) is 0 Å². The minimum absolute atomic E-state index is 0.0709. The number of ketones is 1. The zero-order chi connectivity index (χ0) is 28.0. The molecule has 0 radical (unpaired) electrons. The highest BCUT2D eigenvalue weighted by Crippen LogP contribution is 2.67. The molecule has 39 heavy (non-hydrogen) atoms. The Morgan fingerprint density at radius 2 is 1.82 bits per heavy atom. The molecular formula is C31H42N2O6. The molecular weight excluding hydrogens is 496 g/mol. The van der Waals surface area contributed by atoms with Gasteiger partial charge >= 0.3 is 0 Å². The Labute approximate surface area is 230 Å². The maximum absolute atomic E-state index is 12.5. The van der Waals surface area contributed by atoms with Gasteiger partial charge in [-0.25, -0.2) is 0 Å². The molecule has 1 aromatic rings. The predicted molar refractivity (Wildman–Crippen MR) is 147 cm³/mol. The Morgan fingerprint density at radius 3 is 2.56 bits per heavy atom. The lowest BCUT2D eigenvalue weighted by molar-refractivity contribution is -0.159. The van der Waals surface area contributed by atoms with Crippen molar-refractivity contribution in [1.29, 1.82) is 0 Å². The van der Waals surface area contributed by atoms with Gasteiger partial charge in [-0.15, -0.1) is 0 Å². The fourth-order valence-corrected chi connectivity index (χ4v) is 8.53. The molecule has 3 fully saturated rings. The first-order valence-corrected chi connectivity index (χ1v) is 14.4. The Morgan fingerprint density at radius 1 is 1.05 bits per heavy atom. The van der Waals surface area contributed by atoms with Crippen LogP contribution in [-0.4, -0.2) is 51.5 Å². The molecule has 1 amide bonds. The number of fused-ring (bicyclic) bond motifs is 5. The van der Waals surface area contributed by atoms with E-state index in [0.29, 0.717) is 37.1 Å². The van der Waals surface area contributed by atoms with E-state index in [4.69, 9.17) is 4.84 Å². The number of benzene rings is 1. The Hall–Kier alpha value is -2.87. The van der Waals surface area contributed by atoms with Gasteiger partial charge in [0.2, 0.25) is 0 Å². The summed E-state index contributed by atoms with van der Waals surface area (Å²) < 4.78 is 0. The van der Waals surface area contributed by atoms with Crippen molar-refractivity contribution in [1.82, 2.24) is 5.32 Å². The van der Waals surface area contributed by atoms with Crippen LogP contribution >= 0.6 is 0 Å². The summed E-state index contributed by atoms with van der Waals surface area (Å²) >= 11 is 0. The van der Waals surface area contributed by atoms with Gasteiger partial charge in [0.05, 0.1) is 5.71 Å². The van der Waals surface area contributed by atoms with Crippen molar-refractivity contribution >= 4 is 17.4 Å². The fraction of sp³-hybridized carbons (Fsp3) is 0.645. The summed E-state index contributed by atoms with van der Waals surface area (Å²) in [6.45, 7) is 6.34. The number of carbonyl (C=O) groups is 2. The maximum atomic E-state index is 12.5. The molecule has 0 heterocycles. The van der Waals surface area contributed by atoms with Crippen molar-refractivity contribution in [2.24, 2.45) is 33.7 Å². The molecule has 0 aromatic heterocycles. The number of carbonyl (C=O) groups excluding carboxylic acids is 2. The van der Waals surface area contributed by atoms with E-state index in [1.807, 2.05) is 0 Å². The highest BCUT2D eigenvalue weighted by molar-refractivity contribution is 5.96. The van der Waals surface area contributed by atoms with Crippen molar-refractivity contribution in [2.45, 2.75) is 84.2 Å². The third kappa shape index (κ3) is 4.75. The summed E-state index contributed by atoms with van der Waals surface area (Å²) in [5, 5.41) is 37.4. The van der Waals surface area contributed by atoms with E-state index in [1.165, 1.54) is 17.7 Å². The zero-order valence-electron chi connectivity index (χ0n) is 23.3. The van der Waals surface area contributed by atoms with Crippen molar-refractivity contribution in [2.75, 3.05) is 13.2 Å². The zero-order valence-corrected chi connectivity index (χ0v) is 23.3. The first kappa shape index (κ1) is 27.7. The minimum Gasteiger partial charge on any atom is -0.504 e. The lowest BCUT2D eigenvalue weighted by Gasteiger charge is -2.59. The molecule has 6 atom stereocenters. The topological polar surface area (TPSA) is 128 Å². The van der Waals surface area contributed by atoms with E-state index < -0.39 is 5.60 Å². The van der Waals surface area contributed by atoms with Gasteiger partial charge in [-0.05, 0) is 112 Å². The fourth-order valence-electron chi connectivity index (χ4n) is 8.53. The number of hydrogen-bond acceptors (Lipinski definition) is 7. The van der Waals surface area contributed by atoms with Gasteiger partial charge in [0.1, 0.15) is 5.60 Å². The first-order chi connectivity index (χ1) is 18.5. The van der Waals surface area contributed by atoms with Crippen LogP contribution < -0.4 is 5.32 Å². The van der Waals surface area contributed by atoms with Crippen molar-refractivity contribution in [3.8, 4) is 11.5 Å². The maximum Gasteiger partial charge on any atom is 0.260 e. The quantitative estimate of drug-likeness (QED) is 0.301. The largest absolute Gasteiger partial charge is 0.504 e. The Balaban J connectivity index is 1.16. The van der Waals surface area contributed by atoms with Crippen LogP contribution in [-0.2, 0) is 20.8 Å². The highest BCUT2D eigenvalue weighted by atomic mass is 16.6. The summed E-state index contributed by atoms with van der Waals surface area (Å²) in [7, 11) is 0.